The van der Waals surface area contributed by atoms with Crippen LogP contribution in [0.4, 0.5) is 21.9 Å². The van der Waals surface area contributed by atoms with Crippen molar-refractivity contribution in [2.24, 2.45) is 0 Å². The van der Waals surface area contributed by atoms with Crippen LogP contribution in [-0.2, 0) is 0 Å². The highest BCUT2D eigenvalue weighted by atomic mass is 79.9. The van der Waals surface area contributed by atoms with E-state index in [1.165, 1.54) is 0 Å². The summed E-state index contributed by atoms with van der Waals surface area (Å²) in [7, 11) is 0. The number of nitrogens with one attached hydrogen (secondary N) is 3. The van der Waals surface area contributed by atoms with Crippen LogP contribution in [0.15, 0.2) is 83.3 Å². The quantitative estimate of drug-likeness (QED) is 0.543. The van der Waals surface area contributed by atoms with Gasteiger partial charge in [0.2, 0.25) is 0 Å². The number of carbonyl (C=O) groups is 2. The van der Waals surface area contributed by atoms with Crippen LogP contribution in [0, 0.1) is 0 Å². The first-order valence-electron chi connectivity index (χ1n) is 7.90. The Morgan fingerprint density at radius 3 is 1.92 bits per heavy atom. The molecule has 0 spiro atoms. The number of carbonyl (C=O) groups excluding carboxylic acids is 2. The molecule has 0 saturated heterocycles. The highest BCUT2D eigenvalue weighted by Gasteiger charge is 2.07. The van der Waals surface area contributed by atoms with Gasteiger partial charge >= 0.3 is 6.03 Å². The number of hydrogen-bond donors (Lipinski definition) is 3. The van der Waals surface area contributed by atoms with Crippen LogP contribution in [0.1, 0.15) is 10.4 Å². The number of urea groups is 1. The van der Waals surface area contributed by atoms with Crippen molar-refractivity contribution in [2.75, 3.05) is 16.0 Å². The molecule has 3 N–H and O–H groups in total. The summed E-state index contributed by atoms with van der Waals surface area (Å²) in [6.07, 6.45) is 0. The van der Waals surface area contributed by atoms with Gasteiger partial charge in [-0.25, -0.2) is 4.79 Å². The number of hydrogen-bond acceptors (Lipinski definition) is 2. The van der Waals surface area contributed by atoms with Crippen LogP contribution in [0.25, 0.3) is 0 Å². The van der Waals surface area contributed by atoms with Crippen LogP contribution < -0.4 is 16.0 Å². The molecule has 0 aromatic heterocycles. The predicted molar refractivity (Wildman–Crippen MR) is 108 cm³/mol. The minimum Gasteiger partial charge on any atom is -0.322 e. The van der Waals surface area contributed by atoms with Gasteiger partial charge in [-0.05, 0) is 54.6 Å². The second-order valence-electron chi connectivity index (χ2n) is 5.49. The van der Waals surface area contributed by atoms with Gasteiger partial charge in [0.05, 0.1) is 0 Å². The van der Waals surface area contributed by atoms with E-state index in [4.69, 9.17) is 0 Å². The maximum absolute atomic E-state index is 12.3. The number of benzene rings is 3. The molecule has 26 heavy (non-hydrogen) atoms. The first-order chi connectivity index (χ1) is 12.6. The third-order valence-corrected chi connectivity index (χ3v) is 4.05. The Hall–Kier alpha value is -3.12. The van der Waals surface area contributed by atoms with Gasteiger partial charge in [0, 0.05) is 27.1 Å². The van der Waals surface area contributed by atoms with Crippen molar-refractivity contribution >= 4 is 44.9 Å². The summed E-state index contributed by atoms with van der Waals surface area (Å²) in [6, 6.07) is 22.8. The highest BCUT2D eigenvalue weighted by Crippen LogP contribution is 2.17. The van der Waals surface area contributed by atoms with Crippen molar-refractivity contribution in [3.8, 4) is 0 Å². The molecule has 3 aromatic rings. The monoisotopic (exact) mass is 409 g/mol. The van der Waals surface area contributed by atoms with Gasteiger partial charge in [-0.2, -0.15) is 0 Å². The van der Waals surface area contributed by atoms with E-state index in [1.807, 2.05) is 18.2 Å². The summed E-state index contributed by atoms with van der Waals surface area (Å²) in [5, 5.41) is 8.30. The maximum Gasteiger partial charge on any atom is 0.323 e. The van der Waals surface area contributed by atoms with E-state index in [0.717, 1.165) is 4.47 Å². The standard InChI is InChI=1S/C20H16BrN3O2/c21-15-11-9-14(10-12-15)19(25)22-17-7-4-8-18(13-17)24-20(26)23-16-5-2-1-3-6-16/h1-13H,(H,22,25)(H2,23,24,26). The minimum atomic E-state index is -0.354. The van der Waals surface area contributed by atoms with Crippen LogP contribution in [0.3, 0.4) is 0 Å². The molecule has 0 unspecified atom stereocenters. The Labute approximate surface area is 159 Å². The Morgan fingerprint density at radius 2 is 1.23 bits per heavy atom. The molecule has 5 nitrogen and oxygen atoms in total. The average molecular weight is 410 g/mol. The molecule has 0 radical (unpaired) electrons. The molecule has 3 rings (SSSR count). The third kappa shape index (κ3) is 4.94. The van der Waals surface area contributed by atoms with Gasteiger partial charge in [0.25, 0.3) is 5.91 Å². The van der Waals surface area contributed by atoms with E-state index in [-0.39, 0.29) is 11.9 Å². The molecule has 3 amide bonds. The first-order valence-corrected chi connectivity index (χ1v) is 8.69. The van der Waals surface area contributed by atoms with Gasteiger partial charge in [-0.1, -0.05) is 40.2 Å². The summed E-state index contributed by atoms with van der Waals surface area (Å²) in [4.78, 5) is 24.3. The topological polar surface area (TPSA) is 70.2 Å². The van der Waals surface area contributed by atoms with Crippen molar-refractivity contribution in [3.63, 3.8) is 0 Å². The Balaban J connectivity index is 1.63. The van der Waals surface area contributed by atoms with Crippen LogP contribution >= 0.6 is 15.9 Å². The smallest absolute Gasteiger partial charge is 0.322 e. The van der Waals surface area contributed by atoms with Gasteiger partial charge in [-0.3, -0.25) is 4.79 Å². The van der Waals surface area contributed by atoms with Crippen molar-refractivity contribution in [1.82, 2.24) is 0 Å². The lowest BCUT2D eigenvalue weighted by Crippen LogP contribution is -2.19. The Kier molecular flexibility index (Phi) is 5.66. The van der Waals surface area contributed by atoms with Crippen molar-refractivity contribution in [2.45, 2.75) is 0 Å². The lowest BCUT2D eigenvalue weighted by Gasteiger charge is -2.10. The molecule has 6 heteroatoms. The number of amides is 3. The molecular formula is C20H16BrN3O2. The number of anilines is 3. The van der Waals surface area contributed by atoms with Crippen molar-refractivity contribution in [1.29, 1.82) is 0 Å². The molecule has 0 bridgehead atoms. The molecule has 0 heterocycles. The van der Waals surface area contributed by atoms with Crippen molar-refractivity contribution < 1.29 is 9.59 Å². The zero-order valence-electron chi connectivity index (χ0n) is 13.7. The maximum atomic E-state index is 12.3. The lowest BCUT2D eigenvalue weighted by molar-refractivity contribution is 0.102. The second-order valence-corrected chi connectivity index (χ2v) is 6.40. The van der Waals surface area contributed by atoms with E-state index < -0.39 is 0 Å². The van der Waals surface area contributed by atoms with Crippen molar-refractivity contribution in [3.05, 3.63) is 88.9 Å². The molecule has 0 aliphatic carbocycles. The fourth-order valence-corrected chi connectivity index (χ4v) is 2.56. The highest BCUT2D eigenvalue weighted by molar-refractivity contribution is 9.10. The molecule has 0 aliphatic rings. The van der Waals surface area contributed by atoms with Crippen LogP contribution in [0.2, 0.25) is 0 Å². The molecule has 0 aliphatic heterocycles. The summed E-state index contributed by atoms with van der Waals surface area (Å²) < 4.78 is 0.907. The Morgan fingerprint density at radius 1 is 0.654 bits per heavy atom. The summed E-state index contributed by atoms with van der Waals surface area (Å²) in [6.45, 7) is 0. The van der Waals surface area contributed by atoms with E-state index in [0.29, 0.717) is 22.6 Å². The molecule has 3 aromatic carbocycles. The SMILES string of the molecule is O=C(Nc1ccccc1)Nc1cccc(NC(=O)c2ccc(Br)cc2)c1. The summed E-state index contributed by atoms with van der Waals surface area (Å²) in [5.41, 5.74) is 2.42. The predicted octanol–water partition coefficient (Wildman–Crippen LogP) is 5.35. The molecular weight excluding hydrogens is 394 g/mol. The normalized spacial score (nSPS) is 10.0. The molecule has 0 fully saturated rings. The van der Waals surface area contributed by atoms with Crippen LogP contribution in [-0.4, -0.2) is 11.9 Å². The lowest BCUT2D eigenvalue weighted by atomic mass is 10.2. The van der Waals surface area contributed by atoms with Gasteiger partial charge in [-0.15, -0.1) is 0 Å². The van der Waals surface area contributed by atoms with Gasteiger partial charge in [0.1, 0.15) is 0 Å². The van der Waals surface area contributed by atoms with E-state index in [2.05, 4.69) is 31.9 Å². The van der Waals surface area contributed by atoms with E-state index in [9.17, 15) is 9.59 Å². The molecule has 130 valence electrons. The first kappa shape index (κ1) is 17.7. The number of para-hydroxylation sites is 1. The fourth-order valence-electron chi connectivity index (χ4n) is 2.29. The zero-order valence-corrected chi connectivity index (χ0v) is 15.3. The summed E-state index contributed by atoms with van der Waals surface area (Å²) >= 11 is 3.34. The van der Waals surface area contributed by atoms with Gasteiger partial charge in [0.15, 0.2) is 0 Å². The second kappa shape index (κ2) is 8.31. The summed E-state index contributed by atoms with van der Waals surface area (Å²) in [5.74, 6) is -0.219. The number of halogens is 1. The fraction of sp³-hybridized carbons (Fsp3) is 0. The van der Waals surface area contributed by atoms with Gasteiger partial charge < -0.3 is 16.0 Å². The average Bonchev–Trinajstić information content (AvgIpc) is 2.63. The molecule has 0 saturated carbocycles. The third-order valence-electron chi connectivity index (χ3n) is 3.52. The minimum absolute atomic E-state index is 0.219. The molecule has 0 atom stereocenters. The van der Waals surface area contributed by atoms with Crippen LogP contribution in [0.5, 0.6) is 0 Å². The Bertz CT molecular complexity index is 912. The largest absolute Gasteiger partial charge is 0.323 e. The van der Waals surface area contributed by atoms with E-state index in [1.54, 1.807) is 60.7 Å². The number of rotatable bonds is 4. The zero-order chi connectivity index (χ0) is 18.4. The van der Waals surface area contributed by atoms with E-state index >= 15 is 0 Å².